The van der Waals surface area contributed by atoms with Gasteiger partial charge < -0.3 is 10.1 Å². The highest BCUT2D eigenvalue weighted by molar-refractivity contribution is 5.99. The van der Waals surface area contributed by atoms with Crippen LogP contribution in [0.4, 0.5) is 18.9 Å². The number of esters is 1. The molecule has 3 aromatic carbocycles. The zero-order chi connectivity index (χ0) is 24.7. The van der Waals surface area contributed by atoms with E-state index in [1.54, 1.807) is 48.5 Å². The minimum atomic E-state index is -4.51. The van der Waals surface area contributed by atoms with Gasteiger partial charge in [0.25, 0.3) is 5.91 Å². The summed E-state index contributed by atoms with van der Waals surface area (Å²) in [4.78, 5) is 37.0. The summed E-state index contributed by atoms with van der Waals surface area (Å²) < 4.78 is 44.0. The third-order valence-corrected chi connectivity index (χ3v) is 4.74. The lowest BCUT2D eigenvalue weighted by Gasteiger charge is -2.17. The molecule has 174 valence electrons. The monoisotopic (exact) mass is 467 g/mol. The third-order valence-electron chi connectivity index (χ3n) is 4.74. The Bertz CT molecular complexity index is 1220. The Morgan fingerprint density at radius 2 is 1.62 bits per heavy atom. The minimum absolute atomic E-state index is 0.147. The van der Waals surface area contributed by atoms with Gasteiger partial charge in [0.05, 0.1) is 5.56 Å². The van der Waals surface area contributed by atoms with Crippen LogP contribution in [0.2, 0.25) is 0 Å². The van der Waals surface area contributed by atoms with E-state index in [-0.39, 0.29) is 11.3 Å². The molecule has 8 heteroatoms. The number of benzene rings is 3. The molecule has 3 rings (SSSR count). The van der Waals surface area contributed by atoms with E-state index >= 15 is 0 Å². The first kappa shape index (κ1) is 24.4. The van der Waals surface area contributed by atoms with Crippen molar-refractivity contribution in [1.82, 2.24) is 0 Å². The van der Waals surface area contributed by atoms with Gasteiger partial charge in [0.2, 0.25) is 6.10 Å². The van der Waals surface area contributed by atoms with E-state index in [4.69, 9.17) is 4.74 Å². The molecule has 0 spiro atoms. The lowest BCUT2D eigenvalue weighted by Crippen LogP contribution is -2.25. The summed E-state index contributed by atoms with van der Waals surface area (Å²) in [7, 11) is 0. The molecule has 34 heavy (non-hydrogen) atoms. The first-order valence-electron chi connectivity index (χ1n) is 10.2. The van der Waals surface area contributed by atoms with Crippen molar-refractivity contribution in [3.05, 3.63) is 107 Å². The predicted molar refractivity (Wildman–Crippen MR) is 121 cm³/mol. The molecule has 0 bridgehead atoms. The normalized spacial score (nSPS) is 12.2. The number of rotatable bonds is 7. The van der Waals surface area contributed by atoms with Crippen LogP contribution in [0.1, 0.15) is 40.1 Å². The van der Waals surface area contributed by atoms with Crippen molar-refractivity contribution in [2.75, 3.05) is 5.32 Å². The largest absolute Gasteiger partial charge is 0.444 e. The van der Waals surface area contributed by atoms with E-state index in [0.717, 1.165) is 18.2 Å². The molecule has 0 heterocycles. The van der Waals surface area contributed by atoms with Crippen molar-refractivity contribution >= 4 is 29.4 Å². The summed E-state index contributed by atoms with van der Waals surface area (Å²) in [6.07, 6.45) is -3.72. The zero-order valence-electron chi connectivity index (χ0n) is 18.0. The second-order valence-corrected chi connectivity index (χ2v) is 7.31. The highest BCUT2D eigenvalue weighted by atomic mass is 19.4. The highest BCUT2D eigenvalue weighted by Crippen LogP contribution is 2.30. The number of nitrogens with one attached hydrogen (secondary N) is 1. The molecule has 0 aliphatic heterocycles. The molecule has 0 aromatic heterocycles. The lowest BCUT2D eigenvalue weighted by atomic mass is 10.1. The number of ketones is 1. The van der Waals surface area contributed by atoms with Crippen LogP contribution in [0, 0.1) is 0 Å². The van der Waals surface area contributed by atoms with Crippen molar-refractivity contribution in [2.24, 2.45) is 0 Å². The molecule has 0 radical (unpaired) electrons. The topological polar surface area (TPSA) is 72.5 Å². The summed E-state index contributed by atoms with van der Waals surface area (Å²) in [6.45, 7) is 1.40. The van der Waals surface area contributed by atoms with Crippen LogP contribution in [-0.4, -0.2) is 17.7 Å². The third kappa shape index (κ3) is 6.65. The quantitative estimate of drug-likeness (QED) is 0.269. The average molecular weight is 467 g/mol. The van der Waals surface area contributed by atoms with Crippen LogP contribution in [0.5, 0.6) is 0 Å². The predicted octanol–water partition coefficient (Wildman–Crippen LogP) is 5.84. The molecule has 1 amide bonds. The fraction of sp³-hybridized carbons (Fsp3) is 0.115. The summed E-state index contributed by atoms with van der Waals surface area (Å²) in [5.41, 5.74) is 0.429. The summed E-state index contributed by atoms with van der Waals surface area (Å²) >= 11 is 0. The number of carbonyl (C=O) groups excluding carboxylic acids is 3. The Balaban J connectivity index is 1.78. The maximum absolute atomic E-state index is 12.9. The van der Waals surface area contributed by atoms with Gasteiger partial charge in [0.15, 0.2) is 5.78 Å². The molecule has 0 saturated carbocycles. The van der Waals surface area contributed by atoms with Crippen LogP contribution in [0.15, 0.2) is 84.9 Å². The number of alkyl halides is 3. The average Bonchev–Trinajstić information content (AvgIpc) is 2.81. The Morgan fingerprint density at radius 1 is 0.912 bits per heavy atom. The Labute approximate surface area is 193 Å². The van der Waals surface area contributed by atoms with Crippen molar-refractivity contribution in [2.45, 2.75) is 19.2 Å². The molecule has 0 aliphatic rings. The number of ether oxygens (including phenoxy) is 1. The number of Topliss-reactive ketones (excluding diaryl/α,β-unsaturated/α-hetero) is 1. The molecule has 3 aromatic rings. The Kier molecular flexibility index (Phi) is 7.63. The number of halogens is 3. The summed E-state index contributed by atoms with van der Waals surface area (Å²) in [5.74, 6) is -1.76. The summed E-state index contributed by atoms with van der Waals surface area (Å²) in [6, 6.07) is 19.0. The van der Waals surface area contributed by atoms with Gasteiger partial charge in [-0.15, -0.1) is 0 Å². The number of carbonyl (C=O) groups is 3. The number of hydrogen-bond acceptors (Lipinski definition) is 4. The first-order chi connectivity index (χ1) is 16.1. The number of amides is 1. The van der Waals surface area contributed by atoms with Crippen molar-refractivity contribution in [3.63, 3.8) is 0 Å². The van der Waals surface area contributed by atoms with Crippen LogP contribution < -0.4 is 5.32 Å². The van der Waals surface area contributed by atoms with Crippen molar-refractivity contribution < 1.29 is 32.3 Å². The standard InChI is InChI=1S/C26H20F3NO4/c1-17(31)20-10-6-12-22(16-20)30-25(33)24(19-8-3-2-4-9-19)34-23(32)14-13-18-7-5-11-21(15-18)26(27,28)29/h2-16,24H,1H3,(H,30,33)/b14-13+/t24-/m1/s1. The number of anilines is 1. The van der Waals surface area contributed by atoms with Crippen molar-refractivity contribution in [3.8, 4) is 0 Å². The lowest BCUT2D eigenvalue weighted by molar-refractivity contribution is -0.149. The van der Waals surface area contributed by atoms with Gasteiger partial charge in [-0.05, 0) is 42.8 Å². The van der Waals surface area contributed by atoms with Gasteiger partial charge in [-0.25, -0.2) is 4.79 Å². The van der Waals surface area contributed by atoms with E-state index in [2.05, 4.69) is 5.32 Å². The first-order valence-corrected chi connectivity index (χ1v) is 10.2. The SMILES string of the molecule is CC(=O)c1cccc(NC(=O)[C@H](OC(=O)/C=C/c2cccc(C(F)(F)F)c2)c2ccccc2)c1. The van der Waals surface area contributed by atoms with Gasteiger partial charge >= 0.3 is 12.1 Å². The highest BCUT2D eigenvalue weighted by Gasteiger charge is 2.30. The maximum atomic E-state index is 12.9. The van der Waals surface area contributed by atoms with Crippen LogP contribution in [0.3, 0.4) is 0 Å². The second kappa shape index (κ2) is 10.6. The number of hydrogen-bond donors (Lipinski definition) is 1. The van der Waals surface area contributed by atoms with Crippen LogP contribution in [-0.2, 0) is 20.5 Å². The maximum Gasteiger partial charge on any atom is 0.416 e. The Morgan fingerprint density at radius 3 is 2.29 bits per heavy atom. The molecule has 0 unspecified atom stereocenters. The molecule has 0 saturated heterocycles. The van der Waals surface area contributed by atoms with Gasteiger partial charge in [0.1, 0.15) is 0 Å². The summed E-state index contributed by atoms with van der Waals surface area (Å²) in [5, 5.41) is 2.62. The van der Waals surface area contributed by atoms with Gasteiger partial charge in [-0.3, -0.25) is 9.59 Å². The fourth-order valence-corrected chi connectivity index (χ4v) is 3.06. The molecular formula is C26H20F3NO4. The zero-order valence-corrected chi connectivity index (χ0v) is 18.0. The van der Waals surface area contributed by atoms with E-state index in [1.807, 2.05) is 0 Å². The van der Waals surface area contributed by atoms with Gasteiger partial charge in [0, 0.05) is 22.9 Å². The Hall–Kier alpha value is -4.20. The fourth-order valence-electron chi connectivity index (χ4n) is 3.06. The van der Waals surface area contributed by atoms with Crippen LogP contribution >= 0.6 is 0 Å². The molecule has 0 fully saturated rings. The van der Waals surface area contributed by atoms with Crippen molar-refractivity contribution in [1.29, 1.82) is 0 Å². The van der Waals surface area contributed by atoms with E-state index in [0.29, 0.717) is 16.8 Å². The molecule has 1 N–H and O–H groups in total. The molecule has 0 aliphatic carbocycles. The van der Waals surface area contributed by atoms with Crippen LogP contribution in [0.25, 0.3) is 6.08 Å². The van der Waals surface area contributed by atoms with E-state index in [9.17, 15) is 27.6 Å². The minimum Gasteiger partial charge on any atom is -0.444 e. The molecule has 5 nitrogen and oxygen atoms in total. The smallest absolute Gasteiger partial charge is 0.416 e. The second-order valence-electron chi connectivity index (χ2n) is 7.31. The van der Waals surface area contributed by atoms with Gasteiger partial charge in [-0.1, -0.05) is 54.6 Å². The molecular weight excluding hydrogens is 447 g/mol. The van der Waals surface area contributed by atoms with E-state index in [1.165, 1.54) is 31.2 Å². The van der Waals surface area contributed by atoms with Gasteiger partial charge in [-0.2, -0.15) is 13.2 Å². The van der Waals surface area contributed by atoms with E-state index < -0.39 is 29.7 Å². The molecule has 1 atom stereocenters.